The zero-order valence-electron chi connectivity index (χ0n) is 8.97. The molecule has 1 aromatic rings. The van der Waals surface area contributed by atoms with Crippen LogP contribution in [-0.4, -0.2) is 20.1 Å². The molecule has 0 aliphatic carbocycles. The highest BCUT2D eigenvalue weighted by Crippen LogP contribution is 2.10. The number of hydrogen-bond acceptors (Lipinski definition) is 2. The first kappa shape index (κ1) is 6.06. The van der Waals surface area contributed by atoms with E-state index < -0.39 is 5.91 Å². The molecule has 0 spiro atoms. The van der Waals surface area contributed by atoms with Gasteiger partial charge in [-0.05, 0) is 24.2 Å². The van der Waals surface area contributed by atoms with Gasteiger partial charge in [-0.15, -0.1) is 0 Å². The summed E-state index contributed by atoms with van der Waals surface area (Å²) in [6.07, 6.45) is 0. The number of amides is 1. The van der Waals surface area contributed by atoms with Gasteiger partial charge in [0.2, 0.25) is 0 Å². The van der Waals surface area contributed by atoms with Gasteiger partial charge in [-0.25, -0.2) is 0 Å². The highest BCUT2D eigenvalue weighted by molar-refractivity contribution is 5.94. The molecular weight excluding hydrogens is 154 g/mol. The topological polar surface area (TPSA) is 38.3 Å². The van der Waals surface area contributed by atoms with Gasteiger partial charge in [0.15, 0.2) is 0 Å². The van der Waals surface area contributed by atoms with Gasteiger partial charge < -0.3 is 10.1 Å². The van der Waals surface area contributed by atoms with Crippen LogP contribution in [0.4, 0.5) is 0 Å². The van der Waals surface area contributed by atoms with Crippen LogP contribution in [0, 0.1) is 0 Å². The molecule has 0 fully saturated rings. The molecule has 3 nitrogen and oxygen atoms in total. The SMILES string of the molecule is [2H]c1cc(OC)cc([2H])c1C(=O)NC. The van der Waals surface area contributed by atoms with Crippen molar-refractivity contribution in [2.45, 2.75) is 0 Å². The average molecular weight is 167 g/mol. The third kappa shape index (κ3) is 1.75. The summed E-state index contributed by atoms with van der Waals surface area (Å²) in [7, 11) is 2.92. The molecule has 0 bridgehead atoms. The van der Waals surface area contributed by atoms with Gasteiger partial charge in [0.1, 0.15) is 5.75 Å². The fraction of sp³-hybridized carbons (Fsp3) is 0.222. The number of benzene rings is 1. The Labute approximate surface area is 74.2 Å². The average Bonchev–Trinajstić information content (AvgIpc) is 2.16. The van der Waals surface area contributed by atoms with Gasteiger partial charge in [0.05, 0.1) is 9.85 Å². The zero-order chi connectivity index (χ0) is 10.7. The number of carbonyl (C=O) groups excluding carboxylic acids is 1. The van der Waals surface area contributed by atoms with Gasteiger partial charge in [0.25, 0.3) is 5.91 Å². The van der Waals surface area contributed by atoms with E-state index in [0.29, 0.717) is 5.75 Å². The van der Waals surface area contributed by atoms with Crippen molar-refractivity contribution in [1.29, 1.82) is 0 Å². The van der Waals surface area contributed by atoms with Gasteiger partial charge in [0, 0.05) is 12.6 Å². The van der Waals surface area contributed by atoms with E-state index >= 15 is 0 Å². The molecule has 0 saturated heterocycles. The van der Waals surface area contributed by atoms with Crippen molar-refractivity contribution in [2.75, 3.05) is 14.2 Å². The Kier molecular flexibility index (Phi) is 1.90. The van der Waals surface area contributed by atoms with Crippen molar-refractivity contribution in [3.63, 3.8) is 0 Å². The molecule has 0 radical (unpaired) electrons. The predicted octanol–water partition coefficient (Wildman–Crippen LogP) is 1.05. The van der Waals surface area contributed by atoms with E-state index in [1.165, 1.54) is 26.3 Å². The van der Waals surface area contributed by atoms with Crippen LogP contribution in [0.1, 0.15) is 13.1 Å². The molecule has 0 aromatic heterocycles. The van der Waals surface area contributed by atoms with Crippen molar-refractivity contribution < 1.29 is 12.3 Å². The number of rotatable bonds is 2. The van der Waals surface area contributed by atoms with Crippen molar-refractivity contribution in [3.8, 4) is 5.75 Å². The van der Waals surface area contributed by atoms with Crippen molar-refractivity contribution >= 4 is 5.91 Å². The highest BCUT2D eigenvalue weighted by Gasteiger charge is 2.01. The standard InChI is InChI=1S/C9H11NO2/c1-10-9(11)7-3-5-8(12-2)6-4-7/h3-6H,1-2H3,(H,10,11)/i3D,4D. The van der Waals surface area contributed by atoms with Gasteiger partial charge in [-0.1, -0.05) is 0 Å². The van der Waals surface area contributed by atoms with Crippen LogP contribution in [0.25, 0.3) is 0 Å². The van der Waals surface area contributed by atoms with E-state index in [4.69, 9.17) is 7.48 Å². The second kappa shape index (κ2) is 3.76. The maximum Gasteiger partial charge on any atom is 0.251 e. The van der Waals surface area contributed by atoms with Crippen LogP contribution in [0.3, 0.4) is 0 Å². The third-order valence-corrected chi connectivity index (χ3v) is 1.41. The highest BCUT2D eigenvalue weighted by atomic mass is 16.5. The van der Waals surface area contributed by atoms with Crippen LogP contribution < -0.4 is 10.1 Å². The maximum absolute atomic E-state index is 11.3. The minimum atomic E-state index is -0.428. The number of methoxy groups -OCH3 is 1. The second-order valence-electron chi connectivity index (χ2n) is 2.14. The molecule has 1 N–H and O–H groups in total. The lowest BCUT2D eigenvalue weighted by molar-refractivity contribution is 0.0963. The number of ether oxygens (including phenoxy) is 1. The smallest absolute Gasteiger partial charge is 0.251 e. The summed E-state index contributed by atoms with van der Waals surface area (Å²) in [5, 5.41) is 2.38. The molecule has 64 valence electrons. The second-order valence-corrected chi connectivity index (χ2v) is 2.14. The van der Waals surface area contributed by atoms with E-state index in [9.17, 15) is 4.79 Å². The molecule has 0 heterocycles. The Balaban J connectivity index is 3.25. The van der Waals surface area contributed by atoms with E-state index in [1.54, 1.807) is 0 Å². The normalized spacial score (nSPS) is 11.5. The Bertz CT molecular complexity index is 343. The Morgan fingerprint density at radius 2 is 2.17 bits per heavy atom. The first-order chi connectivity index (χ1) is 6.60. The summed E-state index contributed by atoms with van der Waals surface area (Å²) < 4.78 is 19.9. The van der Waals surface area contributed by atoms with Gasteiger partial charge in [-0.3, -0.25) is 4.79 Å². The molecule has 0 aliphatic heterocycles. The summed E-state index contributed by atoms with van der Waals surface area (Å²) in [4.78, 5) is 11.3. The zero-order valence-corrected chi connectivity index (χ0v) is 6.97. The number of hydrogen-bond donors (Lipinski definition) is 1. The molecule has 3 heteroatoms. The summed E-state index contributed by atoms with van der Waals surface area (Å²) in [6, 6.07) is 2.80. The molecule has 0 aliphatic rings. The van der Waals surface area contributed by atoms with Crippen LogP contribution in [0.2, 0.25) is 0 Å². The molecule has 0 atom stereocenters. The summed E-state index contributed by atoms with van der Waals surface area (Å²) in [5.41, 5.74) is 0.0632. The fourth-order valence-electron chi connectivity index (χ4n) is 0.744. The summed E-state index contributed by atoms with van der Waals surface area (Å²) in [5.74, 6) is -0.0182. The molecule has 12 heavy (non-hydrogen) atoms. The minimum absolute atomic E-state index is 0.00583. The predicted molar refractivity (Wildman–Crippen MR) is 46.4 cm³/mol. The summed E-state index contributed by atoms with van der Waals surface area (Å²) >= 11 is 0. The lowest BCUT2D eigenvalue weighted by atomic mass is 10.2. The van der Waals surface area contributed by atoms with E-state index in [0.717, 1.165) is 0 Å². The van der Waals surface area contributed by atoms with E-state index in [2.05, 4.69) is 5.32 Å². The molecule has 1 aromatic carbocycles. The van der Waals surface area contributed by atoms with Crippen molar-refractivity contribution in [3.05, 3.63) is 29.8 Å². The van der Waals surface area contributed by atoms with Crippen LogP contribution >= 0.6 is 0 Å². The largest absolute Gasteiger partial charge is 0.497 e. The lowest BCUT2D eigenvalue weighted by Gasteiger charge is -2.01. The molecule has 1 amide bonds. The van der Waals surface area contributed by atoms with Crippen LogP contribution in [-0.2, 0) is 0 Å². The first-order valence-corrected chi connectivity index (χ1v) is 3.47. The molecular formula is C9H11NO2. The molecule has 1 rings (SSSR count). The fourth-order valence-corrected chi connectivity index (χ4v) is 0.744. The Hall–Kier alpha value is -1.51. The lowest BCUT2D eigenvalue weighted by Crippen LogP contribution is -2.17. The van der Waals surface area contributed by atoms with Gasteiger partial charge in [-0.2, -0.15) is 0 Å². The van der Waals surface area contributed by atoms with E-state index in [-0.39, 0.29) is 17.6 Å². The Morgan fingerprint density at radius 1 is 1.58 bits per heavy atom. The van der Waals surface area contributed by atoms with E-state index in [1.807, 2.05) is 0 Å². The quantitative estimate of drug-likeness (QED) is 0.715. The van der Waals surface area contributed by atoms with Crippen molar-refractivity contribution in [1.82, 2.24) is 5.32 Å². The summed E-state index contributed by atoms with van der Waals surface area (Å²) in [6.45, 7) is 0. The monoisotopic (exact) mass is 167 g/mol. The van der Waals surface area contributed by atoms with Crippen molar-refractivity contribution in [2.24, 2.45) is 0 Å². The maximum atomic E-state index is 11.3. The first-order valence-electron chi connectivity index (χ1n) is 4.47. The minimum Gasteiger partial charge on any atom is -0.497 e. The molecule has 0 unspecified atom stereocenters. The van der Waals surface area contributed by atoms with Crippen LogP contribution in [0.5, 0.6) is 5.75 Å². The third-order valence-electron chi connectivity index (χ3n) is 1.41. The molecule has 0 saturated carbocycles. The number of nitrogens with one attached hydrogen (secondary N) is 1. The van der Waals surface area contributed by atoms with Gasteiger partial charge >= 0.3 is 0 Å². The Morgan fingerprint density at radius 3 is 2.58 bits per heavy atom. The van der Waals surface area contributed by atoms with Crippen LogP contribution in [0.15, 0.2) is 24.2 Å². The number of carbonyl (C=O) groups is 1.